The summed E-state index contributed by atoms with van der Waals surface area (Å²) in [6.45, 7) is 1.11. The highest BCUT2D eigenvalue weighted by atomic mass is 16.5. The van der Waals surface area contributed by atoms with Gasteiger partial charge in [0, 0.05) is 11.6 Å². The predicted octanol–water partition coefficient (Wildman–Crippen LogP) is 1.39. The Kier molecular flexibility index (Phi) is 3.62. The molecule has 0 bridgehead atoms. The van der Waals surface area contributed by atoms with Crippen molar-refractivity contribution in [2.24, 2.45) is 0 Å². The van der Waals surface area contributed by atoms with E-state index in [0.29, 0.717) is 6.04 Å². The number of hydrogen-bond donors (Lipinski definition) is 1. The summed E-state index contributed by atoms with van der Waals surface area (Å²) >= 11 is 0. The zero-order chi connectivity index (χ0) is 11.4. The Balaban J connectivity index is 2.21. The van der Waals surface area contributed by atoms with Crippen LogP contribution in [0.2, 0.25) is 0 Å². The van der Waals surface area contributed by atoms with Gasteiger partial charge < -0.3 is 14.8 Å². The van der Waals surface area contributed by atoms with Crippen molar-refractivity contribution >= 4 is 0 Å². The van der Waals surface area contributed by atoms with Crippen LogP contribution in [-0.2, 0) is 6.42 Å². The molecule has 1 aliphatic heterocycles. The third-order valence-corrected chi connectivity index (χ3v) is 3.03. The maximum Gasteiger partial charge on any atom is 0.144 e. The van der Waals surface area contributed by atoms with Gasteiger partial charge in [-0.3, -0.25) is 4.98 Å². The minimum atomic E-state index is 0.533. The Morgan fingerprint density at radius 1 is 1.31 bits per heavy atom. The van der Waals surface area contributed by atoms with Crippen LogP contribution < -0.4 is 14.8 Å². The zero-order valence-electron chi connectivity index (χ0n) is 9.82. The standard InChI is InChI=1S/C12H18N2O2/c1-15-11-7-13-8-12(16-2)10(11)6-9-4-3-5-14-9/h7-9,14H,3-6H2,1-2H3. The largest absolute Gasteiger partial charge is 0.495 e. The quantitative estimate of drug-likeness (QED) is 0.836. The predicted molar refractivity (Wildman–Crippen MR) is 62.1 cm³/mol. The van der Waals surface area contributed by atoms with E-state index >= 15 is 0 Å². The molecule has 4 nitrogen and oxygen atoms in total. The summed E-state index contributed by atoms with van der Waals surface area (Å²) < 4.78 is 10.7. The number of rotatable bonds is 4. The first-order chi connectivity index (χ1) is 7.85. The molecule has 4 heteroatoms. The number of methoxy groups -OCH3 is 2. The molecule has 16 heavy (non-hydrogen) atoms. The van der Waals surface area contributed by atoms with Gasteiger partial charge in [-0.05, 0) is 25.8 Å². The third-order valence-electron chi connectivity index (χ3n) is 3.03. The lowest BCUT2D eigenvalue weighted by Crippen LogP contribution is -2.24. The van der Waals surface area contributed by atoms with Gasteiger partial charge in [0.05, 0.1) is 26.6 Å². The van der Waals surface area contributed by atoms with Gasteiger partial charge >= 0.3 is 0 Å². The second kappa shape index (κ2) is 5.16. The first-order valence-corrected chi connectivity index (χ1v) is 5.63. The number of nitrogens with zero attached hydrogens (tertiary/aromatic N) is 1. The summed E-state index contributed by atoms with van der Waals surface area (Å²) in [4.78, 5) is 4.09. The average Bonchev–Trinajstić information content (AvgIpc) is 2.82. The minimum Gasteiger partial charge on any atom is -0.495 e. The normalized spacial score (nSPS) is 19.8. The molecule has 2 rings (SSSR count). The van der Waals surface area contributed by atoms with E-state index in [9.17, 15) is 0 Å². The van der Waals surface area contributed by atoms with Gasteiger partial charge in [0.25, 0.3) is 0 Å². The molecule has 1 saturated heterocycles. The third kappa shape index (κ3) is 2.27. The molecule has 0 spiro atoms. The van der Waals surface area contributed by atoms with E-state index in [1.807, 2.05) is 0 Å². The van der Waals surface area contributed by atoms with Gasteiger partial charge in [-0.1, -0.05) is 0 Å². The molecule has 0 aromatic carbocycles. The molecule has 88 valence electrons. The summed E-state index contributed by atoms with van der Waals surface area (Å²) in [6, 6.07) is 0.533. The van der Waals surface area contributed by atoms with Crippen LogP contribution in [0.1, 0.15) is 18.4 Å². The Labute approximate surface area is 96.0 Å². The lowest BCUT2D eigenvalue weighted by Gasteiger charge is -2.15. The van der Waals surface area contributed by atoms with Crippen LogP contribution in [-0.4, -0.2) is 31.8 Å². The molecule has 1 aliphatic rings. The van der Waals surface area contributed by atoms with Crippen molar-refractivity contribution in [1.82, 2.24) is 10.3 Å². The lowest BCUT2D eigenvalue weighted by atomic mass is 10.0. The number of hydrogen-bond acceptors (Lipinski definition) is 4. The van der Waals surface area contributed by atoms with Crippen LogP contribution in [0, 0.1) is 0 Å². The Morgan fingerprint density at radius 3 is 2.50 bits per heavy atom. The van der Waals surface area contributed by atoms with Crippen molar-refractivity contribution in [2.45, 2.75) is 25.3 Å². The highest BCUT2D eigenvalue weighted by molar-refractivity contribution is 5.42. The highest BCUT2D eigenvalue weighted by Gasteiger charge is 2.19. The molecule has 1 aromatic heterocycles. The van der Waals surface area contributed by atoms with Gasteiger partial charge in [0.2, 0.25) is 0 Å². The molecule has 1 fully saturated rings. The maximum atomic E-state index is 5.33. The molecule has 0 aliphatic carbocycles. The summed E-state index contributed by atoms with van der Waals surface area (Å²) in [5, 5.41) is 3.48. The number of aromatic nitrogens is 1. The smallest absolute Gasteiger partial charge is 0.144 e. The van der Waals surface area contributed by atoms with Crippen molar-refractivity contribution in [3.8, 4) is 11.5 Å². The summed E-state index contributed by atoms with van der Waals surface area (Å²) in [5.74, 6) is 1.63. The number of nitrogens with one attached hydrogen (secondary N) is 1. The Morgan fingerprint density at radius 2 is 2.00 bits per heavy atom. The van der Waals surface area contributed by atoms with Crippen molar-refractivity contribution in [3.05, 3.63) is 18.0 Å². The molecule has 1 atom stereocenters. The first-order valence-electron chi connectivity index (χ1n) is 5.63. The van der Waals surface area contributed by atoms with Crippen molar-refractivity contribution in [3.63, 3.8) is 0 Å². The van der Waals surface area contributed by atoms with E-state index in [1.54, 1.807) is 26.6 Å². The van der Waals surface area contributed by atoms with Crippen molar-refractivity contribution < 1.29 is 9.47 Å². The van der Waals surface area contributed by atoms with E-state index < -0.39 is 0 Å². The van der Waals surface area contributed by atoms with E-state index in [2.05, 4.69) is 10.3 Å². The molecule has 0 amide bonds. The first kappa shape index (κ1) is 11.2. The van der Waals surface area contributed by atoms with Crippen molar-refractivity contribution in [2.75, 3.05) is 20.8 Å². The lowest BCUT2D eigenvalue weighted by molar-refractivity contribution is 0.378. The van der Waals surface area contributed by atoms with Crippen molar-refractivity contribution in [1.29, 1.82) is 0 Å². The summed E-state index contributed by atoms with van der Waals surface area (Å²) in [6.07, 6.45) is 6.89. The average molecular weight is 222 g/mol. The molecular weight excluding hydrogens is 204 g/mol. The fourth-order valence-electron chi connectivity index (χ4n) is 2.18. The second-order valence-electron chi connectivity index (χ2n) is 4.02. The van der Waals surface area contributed by atoms with Crippen LogP contribution in [0.25, 0.3) is 0 Å². The van der Waals surface area contributed by atoms with Crippen LogP contribution >= 0.6 is 0 Å². The van der Waals surface area contributed by atoms with E-state index in [4.69, 9.17) is 9.47 Å². The fraction of sp³-hybridized carbons (Fsp3) is 0.583. The minimum absolute atomic E-state index is 0.533. The molecule has 1 N–H and O–H groups in total. The topological polar surface area (TPSA) is 43.4 Å². The second-order valence-corrected chi connectivity index (χ2v) is 4.02. The van der Waals surface area contributed by atoms with E-state index in [-0.39, 0.29) is 0 Å². The highest BCUT2D eigenvalue weighted by Crippen LogP contribution is 2.29. The van der Waals surface area contributed by atoms with Gasteiger partial charge in [0.15, 0.2) is 0 Å². The SMILES string of the molecule is COc1cncc(OC)c1CC1CCCN1. The van der Waals surface area contributed by atoms with Crippen LogP contribution in [0.15, 0.2) is 12.4 Å². The monoisotopic (exact) mass is 222 g/mol. The van der Waals surface area contributed by atoms with Gasteiger partial charge in [0.1, 0.15) is 11.5 Å². The van der Waals surface area contributed by atoms with Crippen LogP contribution in [0.5, 0.6) is 11.5 Å². The number of ether oxygens (including phenoxy) is 2. The summed E-state index contributed by atoms with van der Waals surface area (Å²) in [7, 11) is 3.34. The maximum absolute atomic E-state index is 5.33. The molecule has 1 aromatic rings. The van der Waals surface area contributed by atoms with Gasteiger partial charge in [-0.25, -0.2) is 0 Å². The molecule has 0 saturated carbocycles. The van der Waals surface area contributed by atoms with Crippen LogP contribution in [0.4, 0.5) is 0 Å². The van der Waals surface area contributed by atoms with Crippen LogP contribution in [0.3, 0.4) is 0 Å². The summed E-state index contributed by atoms with van der Waals surface area (Å²) in [5.41, 5.74) is 1.11. The van der Waals surface area contributed by atoms with Gasteiger partial charge in [-0.15, -0.1) is 0 Å². The fourth-order valence-corrected chi connectivity index (χ4v) is 2.18. The Hall–Kier alpha value is -1.29. The molecule has 0 radical (unpaired) electrons. The Bertz CT molecular complexity index is 327. The number of pyridine rings is 1. The van der Waals surface area contributed by atoms with E-state index in [0.717, 1.165) is 30.0 Å². The zero-order valence-corrected chi connectivity index (χ0v) is 9.82. The molecule has 1 unspecified atom stereocenters. The molecule has 2 heterocycles. The van der Waals surface area contributed by atoms with E-state index in [1.165, 1.54) is 12.8 Å². The van der Waals surface area contributed by atoms with Gasteiger partial charge in [-0.2, -0.15) is 0 Å². The molecular formula is C12H18N2O2.